The highest BCUT2D eigenvalue weighted by molar-refractivity contribution is 6.67. The second-order valence-electron chi connectivity index (χ2n) is 4.77. The molecular weight excluding hydrogens is 384 g/mol. The minimum atomic E-state index is -4.71. The van der Waals surface area contributed by atoms with Crippen molar-refractivity contribution in [3.63, 3.8) is 0 Å². The summed E-state index contributed by atoms with van der Waals surface area (Å²) < 4.78 is 38.3. The highest BCUT2D eigenvalue weighted by Gasteiger charge is 2.32. The zero-order valence-corrected chi connectivity index (χ0v) is 13.8. The van der Waals surface area contributed by atoms with E-state index >= 15 is 0 Å². The Labute approximate surface area is 149 Å². The van der Waals surface area contributed by atoms with E-state index in [1.807, 2.05) is 0 Å². The molecule has 2 aromatic heterocycles. The molecule has 4 N–H and O–H groups in total. The molecule has 0 aliphatic carbocycles. The maximum atomic E-state index is 12.4. The quantitative estimate of drug-likeness (QED) is 0.458. The van der Waals surface area contributed by atoms with Crippen LogP contribution in [0, 0.1) is 0 Å². The van der Waals surface area contributed by atoms with Crippen LogP contribution in [0.15, 0.2) is 36.3 Å². The summed E-state index contributed by atoms with van der Waals surface area (Å²) in [6.07, 6.45) is -2.78. The molecule has 0 radical (unpaired) electrons. The second-order valence-corrected chi connectivity index (χ2v) is 5.52. The Balaban J connectivity index is 2.34. The number of pyridine rings is 1. The van der Waals surface area contributed by atoms with E-state index in [1.165, 1.54) is 18.3 Å². The lowest BCUT2D eigenvalue weighted by Gasteiger charge is -2.14. The van der Waals surface area contributed by atoms with Crippen molar-refractivity contribution in [1.82, 2.24) is 19.8 Å². The van der Waals surface area contributed by atoms with Gasteiger partial charge in [-0.3, -0.25) is 4.79 Å². The van der Waals surface area contributed by atoms with Crippen molar-refractivity contribution in [3.8, 4) is 5.82 Å². The van der Waals surface area contributed by atoms with Gasteiger partial charge in [0.25, 0.3) is 5.24 Å². The zero-order chi connectivity index (χ0) is 18.8. The number of nitrogens with two attached hydrogens (primary N) is 2. The van der Waals surface area contributed by atoms with Crippen LogP contribution in [0.4, 0.5) is 13.2 Å². The van der Waals surface area contributed by atoms with E-state index in [0.717, 1.165) is 4.68 Å². The highest BCUT2D eigenvalue weighted by atomic mass is 35.5. The molecule has 2 aromatic rings. The molecule has 0 spiro atoms. The monoisotopic (exact) mass is 394 g/mol. The molecule has 0 saturated carbocycles. The maximum absolute atomic E-state index is 12.4. The van der Waals surface area contributed by atoms with Crippen LogP contribution in [0.3, 0.4) is 0 Å². The molecule has 0 amide bonds. The van der Waals surface area contributed by atoms with Gasteiger partial charge in [-0.15, -0.1) is 0 Å². The third-order valence-corrected chi connectivity index (χ3v) is 3.37. The number of halogens is 5. The van der Waals surface area contributed by atoms with Crippen molar-refractivity contribution in [2.24, 2.45) is 11.6 Å². The molecule has 0 aliphatic rings. The number of hydrogen-bond acceptors (Lipinski definition) is 6. The summed E-state index contributed by atoms with van der Waals surface area (Å²) in [5.74, 6) is 5.61. The lowest BCUT2D eigenvalue weighted by Crippen LogP contribution is -2.29. The third kappa shape index (κ3) is 4.62. The summed E-state index contributed by atoms with van der Waals surface area (Å²) in [5.41, 5.74) is 3.59. The van der Waals surface area contributed by atoms with E-state index in [9.17, 15) is 18.0 Å². The van der Waals surface area contributed by atoms with Gasteiger partial charge < -0.3 is 10.7 Å². The Bertz CT molecular complexity index is 820. The SMILES string of the molecule is N/C(=C\N(N)Cc1cc(C(=O)Cl)n(-c2ncccc2Cl)n1)C(F)(F)F. The minimum absolute atomic E-state index is 0.0709. The van der Waals surface area contributed by atoms with Crippen molar-refractivity contribution in [2.45, 2.75) is 12.7 Å². The predicted octanol–water partition coefficient (Wildman–Crippen LogP) is 2.34. The highest BCUT2D eigenvalue weighted by Crippen LogP contribution is 2.22. The van der Waals surface area contributed by atoms with Crippen molar-refractivity contribution in [2.75, 3.05) is 0 Å². The molecular formula is C13H11Cl2F3N6O. The number of aromatic nitrogens is 3. The number of carbonyl (C=O) groups is 1. The van der Waals surface area contributed by atoms with Crippen LogP contribution in [0.2, 0.25) is 5.02 Å². The third-order valence-electron chi connectivity index (χ3n) is 2.88. The Morgan fingerprint density at radius 3 is 2.68 bits per heavy atom. The molecule has 25 heavy (non-hydrogen) atoms. The van der Waals surface area contributed by atoms with Gasteiger partial charge in [-0.25, -0.2) is 15.5 Å². The number of hydrogen-bond donors (Lipinski definition) is 2. The lowest BCUT2D eigenvalue weighted by molar-refractivity contribution is -0.0938. The molecule has 0 saturated heterocycles. The number of carbonyl (C=O) groups excluding carboxylic acids is 1. The molecule has 2 rings (SSSR count). The van der Waals surface area contributed by atoms with Crippen LogP contribution < -0.4 is 11.6 Å². The summed E-state index contributed by atoms with van der Waals surface area (Å²) in [6, 6.07) is 4.36. The first-order valence-corrected chi connectivity index (χ1v) is 7.30. The van der Waals surface area contributed by atoms with Gasteiger partial charge in [-0.05, 0) is 29.8 Å². The molecule has 134 valence electrons. The van der Waals surface area contributed by atoms with E-state index in [0.29, 0.717) is 11.2 Å². The van der Waals surface area contributed by atoms with Crippen molar-refractivity contribution < 1.29 is 18.0 Å². The predicted molar refractivity (Wildman–Crippen MR) is 84.6 cm³/mol. The molecule has 0 atom stereocenters. The Kier molecular flexibility index (Phi) is 5.55. The van der Waals surface area contributed by atoms with E-state index in [1.54, 1.807) is 6.07 Å². The molecule has 12 heteroatoms. The maximum Gasteiger partial charge on any atom is 0.432 e. The topological polar surface area (TPSA) is 103 Å². The molecule has 2 heterocycles. The van der Waals surface area contributed by atoms with Gasteiger partial charge in [0.15, 0.2) is 5.82 Å². The average Bonchev–Trinajstić information content (AvgIpc) is 2.90. The van der Waals surface area contributed by atoms with Crippen LogP contribution in [-0.4, -0.2) is 31.2 Å². The first kappa shape index (κ1) is 19.0. The Morgan fingerprint density at radius 1 is 1.44 bits per heavy atom. The molecule has 7 nitrogen and oxygen atoms in total. The lowest BCUT2D eigenvalue weighted by atomic mass is 10.3. The minimum Gasteiger partial charge on any atom is -0.393 e. The first-order chi connectivity index (χ1) is 11.6. The van der Waals surface area contributed by atoms with Crippen molar-refractivity contribution >= 4 is 28.4 Å². The standard InChI is InChI=1S/C13H11Cl2F3N6O/c14-8-2-1-3-21-12(8)24-9(11(15)25)4-7(22-24)5-23(20)6-10(19)13(16,17)18/h1-4,6H,5,19-20H2/b10-6-. The molecule has 0 fully saturated rings. The van der Waals surface area contributed by atoms with Crippen LogP contribution >= 0.6 is 23.2 Å². The van der Waals surface area contributed by atoms with E-state index < -0.39 is 17.1 Å². The van der Waals surface area contributed by atoms with Gasteiger partial charge >= 0.3 is 6.18 Å². The zero-order valence-electron chi connectivity index (χ0n) is 12.3. The number of hydrazine groups is 1. The number of allylic oxidation sites excluding steroid dienone is 1. The number of alkyl halides is 3. The second kappa shape index (κ2) is 7.30. The fourth-order valence-corrected chi connectivity index (χ4v) is 2.16. The summed E-state index contributed by atoms with van der Waals surface area (Å²) in [5, 5.41) is 4.09. The molecule has 0 bridgehead atoms. The van der Waals surface area contributed by atoms with Crippen LogP contribution in [0.5, 0.6) is 0 Å². The van der Waals surface area contributed by atoms with Gasteiger partial charge in [-0.1, -0.05) is 11.6 Å². The van der Waals surface area contributed by atoms with Gasteiger partial charge in [0.2, 0.25) is 0 Å². The van der Waals surface area contributed by atoms with Gasteiger partial charge in [-0.2, -0.15) is 18.3 Å². The van der Waals surface area contributed by atoms with Crippen LogP contribution in [-0.2, 0) is 6.54 Å². The van der Waals surface area contributed by atoms with E-state index in [-0.39, 0.29) is 28.8 Å². The fraction of sp³-hybridized carbons (Fsp3) is 0.154. The molecule has 0 aliphatic heterocycles. The molecule has 0 aromatic carbocycles. The largest absolute Gasteiger partial charge is 0.432 e. The summed E-state index contributed by atoms with van der Waals surface area (Å²) in [7, 11) is 0. The van der Waals surface area contributed by atoms with Gasteiger partial charge in [0.1, 0.15) is 11.4 Å². The van der Waals surface area contributed by atoms with Crippen LogP contribution in [0.25, 0.3) is 5.82 Å². The average molecular weight is 395 g/mol. The van der Waals surface area contributed by atoms with Crippen molar-refractivity contribution in [3.05, 3.63) is 52.7 Å². The van der Waals surface area contributed by atoms with Crippen LogP contribution in [0.1, 0.15) is 16.2 Å². The summed E-state index contributed by atoms with van der Waals surface area (Å²) in [6.45, 7) is -0.272. The summed E-state index contributed by atoms with van der Waals surface area (Å²) >= 11 is 11.5. The Hall–Kier alpha value is -2.30. The number of nitrogens with zero attached hydrogens (tertiary/aromatic N) is 4. The summed E-state index contributed by atoms with van der Waals surface area (Å²) in [4.78, 5) is 15.6. The van der Waals surface area contributed by atoms with Gasteiger partial charge in [0.05, 0.1) is 17.3 Å². The number of rotatable bonds is 5. The van der Waals surface area contributed by atoms with Gasteiger partial charge in [0, 0.05) is 12.4 Å². The normalized spacial score (nSPS) is 12.3. The fourth-order valence-electron chi connectivity index (χ4n) is 1.83. The van der Waals surface area contributed by atoms with E-state index in [2.05, 4.69) is 10.1 Å². The first-order valence-electron chi connectivity index (χ1n) is 6.55. The van der Waals surface area contributed by atoms with E-state index in [4.69, 9.17) is 34.8 Å². The molecule has 0 unspecified atom stereocenters. The smallest absolute Gasteiger partial charge is 0.393 e. The van der Waals surface area contributed by atoms with Crippen molar-refractivity contribution in [1.29, 1.82) is 0 Å². The Morgan fingerprint density at radius 2 is 2.12 bits per heavy atom.